The standard InChI is InChI=1S/C18H22N4O2S.C16H14F6N4O.C3H6O2S/c1-11-7-13(5-6-14(11)19-17(23)10-25)15-9-18(3,24-21-15)16-8-12(2)20-22(16)4;1-8-5-9(3-4-10(8)23)11-7-14(27-25-11,16(20,21)22)13-6-12(15(17,18)19)24-26(13)2;1-6-2-3(4)5/h5-8,25H,9-10H2,1-4H3,(H,19,23);3-6H,7,23H2,1-2H3;2H2,1H3,(H,4,5). The normalized spacial score (nSPS) is 18.8. The maximum absolute atomic E-state index is 13.9. The van der Waals surface area contributed by atoms with Crippen molar-refractivity contribution in [3.8, 4) is 0 Å². The number of nitrogens with one attached hydrogen (secondary N) is 1. The third-order valence-corrected chi connectivity index (χ3v) is 9.85. The summed E-state index contributed by atoms with van der Waals surface area (Å²) in [5.74, 6) is -0.508. The second kappa shape index (κ2) is 17.8. The predicted molar refractivity (Wildman–Crippen MR) is 211 cm³/mol. The Morgan fingerprint density at radius 1 is 0.897 bits per heavy atom. The second-order valence-corrected chi connectivity index (χ2v) is 14.8. The van der Waals surface area contributed by atoms with Crippen LogP contribution in [0.2, 0.25) is 0 Å². The average molecular weight is 857 g/mol. The molecule has 0 bridgehead atoms. The minimum Gasteiger partial charge on any atom is -0.481 e. The highest BCUT2D eigenvalue weighted by Gasteiger charge is 2.64. The number of aryl methyl sites for hydroxylation is 5. The molecule has 21 heteroatoms. The molecule has 2 unspecified atom stereocenters. The third-order valence-electron chi connectivity index (χ3n) is 9.02. The number of alkyl halides is 6. The number of amides is 1. The number of hydrogen-bond acceptors (Lipinski definition) is 11. The molecule has 4 heterocycles. The minimum absolute atomic E-state index is 0.0508. The fourth-order valence-electron chi connectivity index (χ4n) is 6.10. The van der Waals surface area contributed by atoms with Crippen molar-refractivity contribution in [3.63, 3.8) is 0 Å². The summed E-state index contributed by atoms with van der Waals surface area (Å²) >= 11 is 5.29. The number of nitrogens with zero attached hydrogens (tertiary/aromatic N) is 6. The molecule has 0 saturated heterocycles. The molecule has 0 radical (unpaired) electrons. The molecule has 0 fully saturated rings. The van der Waals surface area contributed by atoms with Crippen LogP contribution in [0.4, 0.5) is 37.7 Å². The largest absolute Gasteiger partial charge is 0.481 e. The fraction of sp³-hybridized carbons (Fsp3) is 0.405. The van der Waals surface area contributed by atoms with Gasteiger partial charge in [0, 0.05) is 31.9 Å². The summed E-state index contributed by atoms with van der Waals surface area (Å²) in [6, 6.07) is 12.7. The molecule has 0 aliphatic carbocycles. The van der Waals surface area contributed by atoms with Crippen LogP contribution >= 0.6 is 24.4 Å². The Bertz CT molecular complexity index is 2220. The highest BCUT2D eigenvalue weighted by Crippen LogP contribution is 2.49. The number of halogens is 6. The molecular formula is C37H42F6N8O5S2. The minimum atomic E-state index is -5.03. The zero-order chi connectivity index (χ0) is 43.4. The number of carbonyl (C=O) groups is 2. The van der Waals surface area contributed by atoms with E-state index in [4.69, 9.17) is 20.5 Å². The van der Waals surface area contributed by atoms with Crippen molar-refractivity contribution in [3.05, 3.63) is 93.6 Å². The number of aliphatic carboxylic acids is 1. The van der Waals surface area contributed by atoms with Crippen LogP contribution in [-0.2, 0) is 50.7 Å². The molecule has 314 valence electrons. The lowest BCUT2D eigenvalue weighted by Gasteiger charge is -2.28. The van der Waals surface area contributed by atoms with Gasteiger partial charge in [0.15, 0.2) is 11.3 Å². The Kier molecular flexibility index (Phi) is 13.9. The zero-order valence-electron chi connectivity index (χ0n) is 32.4. The van der Waals surface area contributed by atoms with Gasteiger partial charge in [0.25, 0.3) is 5.60 Å². The summed E-state index contributed by atoms with van der Waals surface area (Å²) in [5, 5.41) is 26.1. The van der Waals surface area contributed by atoms with Crippen molar-refractivity contribution >= 4 is 59.1 Å². The van der Waals surface area contributed by atoms with Crippen molar-refractivity contribution in [1.82, 2.24) is 19.6 Å². The van der Waals surface area contributed by atoms with Crippen molar-refractivity contribution in [1.29, 1.82) is 0 Å². The number of aromatic nitrogens is 4. The Labute approximate surface area is 339 Å². The number of carbonyl (C=O) groups excluding carboxylic acids is 1. The number of benzene rings is 2. The first-order valence-corrected chi connectivity index (χ1v) is 19.3. The molecule has 1 amide bonds. The highest BCUT2D eigenvalue weighted by molar-refractivity contribution is 7.99. The van der Waals surface area contributed by atoms with E-state index in [2.05, 4.69) is 38.5 Å². The van der Waals surface area contributed by atoms with E-state index in [0.29, 0.717) is 34.0 Å². The monoisotopic (exact) mass is 856 g/mol. The first-order chi connectivity index (χ1) is 26.9. The fourth-order valence-corrected chi connectivity index (χ4v) is 6.42. The van der Waals surface area contributed by atoms with Crippen LogP contribution in [-0.4, -0.2) is 71.9 Å². The van der Waals surface area contributed by atoms with E-state index in [1.165, 1.54) is 30.0 Å². The molecule has 2 aliphatic rings. The molecule has 0 spiro atoms. The number of nitrogen functional groups attached to an aromatic ring is 1. The highest BCUT2D eigenvalue weighted by atomic mass is 32.2. The van der Waals surface area contributed by atoms with Gasteiger partial charge in [0.1, 0.15) is 0 Å². The summed E-state index contributed by atoms with van der Waals surface area (Å²) in [7, 11) is 2.91. The predicted octanol–water partition coefficient (Wildman–Crippen LogP) is 7.29. The summed E-state index contributed by atoms with van der Waals surface area (Å²) in [6.45, 7) is 7.61. The van der Waals surface area contributed by atoms with Gasteiger partial charge < -0.3 is 25.8 Å². The smallest absolute Gasteiger partial charge is 0.437 e. The first kappa shape index (κ1) is 45.5. The summed E-state index contributed by atoms with van der Waals surface area (Å²) < 4.78 is 82.6. The van der Waals surface area contributed by atoms with Crippen LogP contribution < -0.4 is 11.1 Å². The van der Waals surface area contributed by atoms with Crippen LogP contribution in [0.5, 0.6) is 0 Å². The number of thiol groups is 1. The van der Waals surface area contributed by atoms with Gasteiger partial charge in [-0.3, -0.25) is 19.0 Å². The van der Waals surface area contributed by atoms with Gasteiger partial charge >= 0.3 is 18.3 Å². The van der Waals surface area contributed by atoms with Gasteiger partial charge in [-0.1, -0.05) is 22.4 Å². The van der Waals surface area contributed by atoms with Gasteiger partial charge in [-0.15, -0.1) is 0 Å². The third kappa shape index (κ3) is 10.3. The van der Waals surface area contributed by atoms with E-state index in [1.54, 1.807) is 13.2 Å². The molecule has 4 aromatic rings. The van der Waals surface area contributed by atoms with E-state index < -0.39 is 47.3 Å². The lowest BCUT2D eigenvalue weighted by Crippen LogP contribution is -2.44. The Balaban J connectivity index is 0.000000226. The van der Waals surface area contributed by atoms with Crippen molar-refractivity contribution in [2.24, 2.45) is 24.4 Å². The molecule has 13 nitrogen and oxygen atoms in total. The number of nitrogens with two attached hydrogens (primary N) is 1. The topological polar surface area (TPSA) is 171 Å². The van der Waals surface area contributed by atoms with Crippen LogP contribution in [0.1, 0.15) is 64.8 Å². The number of hydrogen-bond donors (Lipinski definition) is 4. The number of oxime groups is 2. The second-order valence-electron chi connectivity index (χ2n) is 13.6. The van der Waals surface area contributed by atoms with E-state index in [1.807, 2.05) is 56.8 Å². The van der Waals surface area contributed by atoms with Crippen LogP contribution in [0.25, 0.3) is 0 Å². The van der Waals surface area contributed by atoms with Crippen LogP contribution in [0, 0.1) is 20.8 Å². The van der Waals surface area contributed by atoms with Gasteiger partial charge in [0.2, 0.25) is 5.91 Å². The number of anilines is 2. The van der Waals surface area contributed by atoms with Crippen molar-refractivity contribution < 1.29 is 50.7 Å². The lowest BCUT2D eigenvalue weighted by molar-refractivity contribution is -0.278. The first-order valence-electron chi connectivity index (χ1n) is 17.2. The summed E-state index contributed by atoms with van der Waals surface area (Å²) in [4.78, 5) is 31.6. The Morgan fingerprint density at radius 3 is 1.97 bits per heavy atom. The van der Waals surface area contributed by atoms with E-state index in [0.717, 1.165) is 41.0 Å². The number of rotatable bonds is 8. The van der Waals surface area contributed by atoms with Crippen molar-refractivity contribution in [2.45, 2.75) is 64.1 Å². The maximum Gasteiger partial charge on any atom is 0.437 e. The maximum atomic E-state index is 13.9. The number of thioether (sulfide) groups is 1. The molecule has 2 atom stereocenters. The summed E-state index contributed by atoms with van der Waals surface area (Å²) in [5.41, 5.74) is 6.82. The molecule has 2 aliphatic heterocycles. The van der Waals surface area contributed by atoms with Crippen LogP contribution in [0.3, 0.4) is 0 Å². The molecule has 58 heavy (non-hydrogen) atoms. The molecule has 2 aromatic heterocycles. The molecule has 0 saturated carbocycles. The molecular weight excluding hydrogens is 815 g/mol. The molecule has 4 N–H and O–H groups in total. The van der Waals surface area contributed by atoms with E-state index in [9.17, 15) is 35.9 Å². The number of carboxylic acids is 1. The SMILES string of the molecule is CSCC(=O)O.Cc1cc(C2(C)CC(c3ccc(NC(=O)CS)c(C)c3)=NO2)n(C)n1.Cc1cc(C2=NOC(c3cc(C(F)(F)F)nn3C)(C(F)(F)F)C2)ccc1N. The summed E-state index contributed by atoms with van der Waals surface area (Å²) in [6.07, 6.45) is -8.30. The van der Waals surface area contributed by atoms with E-state index in [-0.39, 0.29) is 23.1 Å². The Hall–Kier alpha value is -5.18. The number of carboxylic acid groups (broad SMARTS) is 1. The van der Waals surface area contributed by atoms with Gasteiger partial charge in [-0.05, 0) is 92.6 Å². The van der Waals surface area contributed by atoms with Gasteiger partial charge in [0.05, 0.1) is 46.4 Å². The zero-order valence-corrected chi connectivity index (χ0v) is 34.1. The molecule has 6 rings (SSSR count). The lowest BCUT2D eigenvalue weighted by atomic mass is 9.89. The van der Waals surface area contributed by atoms with Gasteiger partial charge in [-0.2, -0.15) is 60.9 Å². The van der Waals surface area contributed by atoms with Gasteiger partial charge in [-0.25, -0.2) is 0 Å². The van der Waals surface area contributed by atoms with Crippen LogP contribution in [0.15, 0.2) is 58.8 Å². The van der Waals surface area contributed by atoms with E-state index >= 15 is 0 Å². The molecule has 2 aromatic carbocycles. The average Bonchev–Trinajstić information content (AvgIpc) is 3.93. The van der Waals surface area contributed by atoms with Crippen molar-refractivity contribution in [2.75, 3.05) is 28.8 Å². The Morgan fingerprint density at radius 2 is 1.48 bits per heavy atom. The quantitative estimate of drug-likeness (QED) is 0.0807.